The van der Waals surface area contributed by atoms with E-state index in [-0.39, 0.29) is 0 Å². The van der Waals surface area contributed by atoms with Crippen LogP contribution in [0.15, 0.2) is 186 Å². The highest BCUT2D eigenvalue weighted by Crippen LogP contribution is 2.31. The summed E-state index contributed by atoms with van der Waals surface area (Å²) in [6.07, 6.45) is 5.72. The van der Waals surface area contributed by atoms with Crippen molar-refractivity contribution in [2.45, 2.75) is 6.54 Å². The molecule has 1 aromatic heterocycles. The number of fused-ring (bicyclic) bond motifs is 4. The molecule has 0 aliphatic rings. The highest BCUT2D eigenvalue weighted by molar-refractivity contribution is 6.13. The molecule has 0 atom stereocenters. The topological polar surface area (TPSA) is 37.6 Å². The number of allylic oxidation sites excluding steroid dienone is 1. The average molecular weight is 628 g/mol. The quantitative estimate of drug-likeness (QED) is 0.122. The normalized spacial score (nSPS) is 12.1. The molecular weight excluding hydrogens is 595 g/mol. The molecule has 0 amide bonds. The summed E-state index contributed by atoms with van der Waals surface area (Å²) in [5, 5.41) is 7.38. The number of aliphatic imine (C=N–C) groups is 2. The van der Waals surface area contributed by atoms with Gasteiger partial charge in [-0.3, -0.25) is 15.0 Å². The van der Waals surface area contributed by atoms with E-state index in [4.69, 9.17) is 4.99 Å². The van der Waals surface area contributed by atoms with Gasteiger partial charge in [-0.1, -0.05) is 133 Å². The Labute approximate surface area is 286 Å². The van der Waals surface area contributed by atoms with Gasteiger partial charge in [0.2, 0.25) is 0 Å². The van der Waals surface area contributed by atoms with E-state index < -0.39 is 0 Å². The molecule has 0 fully saturated rings. The minimum Gasteiger partial charge on any atom is -0.280 e. The van der Waals surface area contributed by atoms with Crippen molar-refractivity contribution in [3.05, 3.63) is 193 Å². The Hall–Kier alpha value is -6.45. The summed E-state index contributed by atoms with van der Waals surface area (Å²) < 4.78 is 0. The van der Waals surface area contributed by atoms with Crippen molar-refractivity contribution in [1.82, 2.24) is 4.98 Å². The van der Waals surface area contributed by atoms with E-state index in [0.29, 0.717) is 6.54 Å². The van der Waals surface area contributed by atoms with E-state index in [9.17, 15) is 0 Å². The third-order valence-electron chi connectivity index (χ3n) is 9.13. The van der Waals surface area contributed by atoms with Crippen molar-refractivity contribution in [3.63, 3.8) is 0 Å². The van der Waals surface area contributed by atoms with Crippen molar-refractivity contribution < 1.29 is 0 Å². The predicted molar refractivity (Wildman–Crippen MR) is 208 cm³/mol. The first-order chi connectivity index (χ1) is 24.2. The molecule has 0 saturated carbocycles. The fraction of sp³-hybridized carbons (Fsp3) is 0.0217. The van der Waals surface area contributed by atoms with Crippen molar-refractivity contribution in [1.29, 1.82) is 0 Å². The molecule has 49 heavy (non-hydrogen) atoms. The van der Waals surface area contributed by atoms with Crippen LogP contribution >= 0.6 is 0 Å². The molecule has 8 rings (SSSR count). The number of pyridine rings is 1. The fourth-order valence-corrected chi connectivity index (χ4v) is 6.60. The van der Waals surface area contributed by atoms with Crippen LogP contribution in [-0.2, 0) is 6.54 Å². The number of nitrogens with zero attached hydrogens (tertiary/aromatic N) is 3. The molecule has 0 bridgehead atoms. The lowest BCUT2D eigenvalue weighted by atomic mass is 9.97. The molecule has 0 N–H and O–H groups in total. The van der Waals surface area contributed by atoms with Crippen LogP contribution < -0.4 is 0 Å². The Balaban J connectivity index is 1.22. The van der Waals surface area contributed by atoms with E-state index in [1.807, 2.05) is 18.3 Å². The van der Waals surface area contributed by atoms with Gasteiger partial charge in [-0.05, 0) is 97.2 Å². The van der Waals surface area contributed by atoms with Crippen LogP contribution in [0.1, 0.15) is 16.7 Å². The molecular formula is C46H33N3. The summed E-state index contributed by atoms with van der Waals surface area (Å²) in [6, 6.07) is 55.6. The van der Waals surface area contributed by atoms with E-state index >= 15 is 0 Å². The largest absolute Gasteiger partial charge is 0.280 e. The van der Waals surface area contributed by atoms with Gasteiger partial charge < -0.3 is 0 Å². The predicted octanol–water partition coefficient (Wildman–Crippen LogP) is 11.6. The van der Waals surface area contributed by atoms with Gasteiger partial charge in [-0.2, -0.15) is 0 Å². The lowest BCUT2D eigenvalue weighted by Crippen LogP contribution is -2.01. The Kier molecular flexibility index (Phi) is 8.15. The van der Waals surface area contributed by atoms with Crippen molar-refractivity contribution in [2.24, 2.45) is 9.98 Å². The standard InChI is InChI=1S/C46H33N3/c1-47-45(39-14-8-13-36(27-39)40-15-9-25-48-30-40)29-46(34-22-19-33(20-23-34)37-24-21-32-10-2-3-11-35(32)26-37)49-31-41-28-38-12-4-5-16-42(38)44-18-7-6-17-43(41)44/h2-30H,1,31H2/b45-29-,49-46?. The molecule has 0 aliphatic carbocycles. The molecule has 3 heteroatoms. The number of hydrogen-bond donors (Lipinski definition) is 0. The summed E-state index contributed by atoms with van der Waals surface area (Å²) in [5.41, 5.74) is 9.22. The second-order valence-electron chi connectivity index (χ2n) is 12.2. The van der Waals surface area contributed by atoms with Crippen LogP contribution in [0.2, 0.25) is 0 Å². The van der Waals surface area contributed by atoms with Crippen LogP contribution in [0, 0.1) is 0 Å². The molecule has 0 spiro atoms. The summed E-state index contributed by atoms with van der Waals surface area (Å²) in [6.45, 7) is 4.49. The van der Waals surface area contributed by atoms with Gasteiger partial charge in [0.25, 0.3) is 0 Å². The van der Waals surface area contributed by atoms with Gasteiger partial charge >= 0.3 is 0 Å². The van der Waals surface area contributed by atoms with Crippen molar-refractivity contribution >= 4 is 50.4 Å². The molecule has 0 saturated heterocycles. The third-order valence-corrected chi connectivity index (χ3v) is 9.13. The molecule has 8 aromatic rings. The monoisotopic (exact) mass is 627 g/mol. The molecule has 1 heterocycles. The van der Waals surface area contributed by atoms with Gasteiger partial charge in [0.05, 0.1) is 18.0 Å². The van der Waals surface area contributed by atoms with Crippen molar-refractivity contribution in [3.8, 4) is 22.3 Å². The Morgan fingerprint density at radius 2 is 1.22 bits per heavy atom. The van der Waals surface area contributed by atoms with E-state index in [2.05, 4.69) is 168 Å². The number of hydrogen-bond acceptors (Lipinski definition) is 3. The van der Waals surface area contributed by atoms with Gasteiger partial charge in [-0.25, -0.2) is 0 Å². The number of aromatic nitrogens is 1. The highest BCUT2D eigenvalue weighted by atomic mass is 14.8. The molecule has 232 valence electrons. The molecule has 0 radical (unpaired) electrons. The number of benzene rings is 7. The van der Waals surface area contributed by atoms with Gasteiger partial charge in [0, 0.05) is 23.5 Å². The Morgan fingerprint density at radius 1 is 0.531 bits per heavy atom. The van der Waals surface area contributed by atoms with E-state index in [0.717, 1.165) is 39.2 Å². The van der Waals surface area contributed by atoms with E-state index in [1.54, 1.807) is 6.20 Å². The Morgan fingerprint density at radius 3 is 2.02 bits per heavy atom. The molecule has 0 aliphatic heterocycles. The molecule has 0 unspecified atom stereocenters. The maximum Gasteiger partial charge on any atom is 0.0716 e. The summed E-state index contributed by atoms with van der Waals surface area (Å²) in [5.74, 6) is 0. The van der Waals surface area contributed by atoms with Crippen LogP contribution in [-0.4, -0.2) is 17.4 Å². The maximum atomic E-state index is 5.30. The van der Waals surface area contributed by atoms with Crippen LogP contribution in [0.3, 0.4) is 0 Å². The lowest BCUT2D eigenvalue weighted by Gasteiger charge is -2.11. The second kappa shape index (κ2) is 13.3. The number of rotatable bonds is 8. The first kappa shape index (κ1) is 29.9. The lowest BCUT2D eigenvalue weighted by molar-refractivity contribution is 1.09. The van der Waals surface area contributed by atoms with Crippen LogP contribution in [0.4, 0.5) is 0 Å². The minimum atomic E-state index is 0.518. The van der Waals surface area contributed by atoms with Crippen LogP contribution in [0.5, 0.6) is 0 Å². The molecule has 7 aromatic carbocycles. The Bertz CT molecular complexity index is 2530. The second-order valence-corrected chi connectivity index (χ2v) is 12.2. The van der Waals surface area contributed by atoms with Crippen molar-refractivity contribution in [2.75, 3.05) is 0 Å². The fourth-order valence-electron chi connectivity index (χ4n) is 6.60. The average Bonchev–Trinajstić information content (AvgIpc) is 3.18. The zero-order valence-corrected chi connectivity index (χ0v) is 27.0. The molecule has 3 nitrogen and oxygen atoms in total. The van der Waals surface area contributed by atoms with E-state index in [1.165, 1.54) is 43.4 Å². The maximum absolute atomic E-state index is 5.30. The smallest absolute Gasteiger partial charge is 0.0716 e. The summed E-state index contributed by atoms with van der Waals surface area (Å²) in [7, 11) is 0. The SMILES string of the molecule is C=N/C(=C\C(=NCc1cc2ccccc2c2ccccc12)c1ccc(-c2ccc3ccccc3c2)cc1)c1cccc(-c2cccnc2)c1. The zero-order chi connectivity index (χ0) is 33.0. The first-order valence-electron chi connectivity index (χ1n) is 16.5. The highest BCUT2D eigenvalue weighted by Gasteiger charge is 2.11. The zero-order valence-electron chi connectivity index (χ0n) is 27.0. The van der Waals surface area contributed by atoms with Gasteiger partial charge in [0.1, 0.15) is 0 Å². The van der Waals surface area contributed by atoms with Gasteiger partial charge in [0.15, 0.2) is 0 Å². The minimum absolute atomic E-state index is 0.518. The first-order valence-corrected chi connectivity index (χ1v) is 16.5. The summed E-state index contributed by atoms with van der Waals surface area (Å²) >= 11 is 0. The van der Waals surface area contributed by atoms with Crippen LogP contribution in [0.25, 0.3) is 60.3 Å². The summed E-state index contributed by atoms with van der Waals surface area (Å²) in [4.78, 5) is 14.1. The third kappa shape index (κ3) is 6.18. The van der Waals surface area contributed by atoms with Gasteiger partial charge in [-0.15, -0.1) is 0 Å².